The van der Waals surface area contributed by atoms with Gasteiger partial charge in [-0.05, 0) is 28.7 Å². The Morgan fingerprint density at radius 1 is 0.417 bits per heavy atom. The molecule has 0 spiro atoms. The van der Waals surface area contributed by atoms with E-state index in [0.717, 1.165) is 13.0 Å². The molecule has 1 aliphatic carbocycles. The van der Waals surface area contributed by atoms with Crippen molar-refractivity contribution < 1.29 is 52.2 Å². The molecular weight excluding hydrogens is 767 g/mol. The number of fused-ring (bicyclic) bond motifs is 3. The number of alkyl carbamates (subject to hydrolysis) is 1. The van der Waals surface area contributed by atoms with Crippen LogP contribution in [0.3, 0.4) is 0 Å². The maximum atomic E-state index is 12.3. The lowest BCUT2D eigenvalue weighted by atomic mass is 9.98. The Balaban J connectivity index is 0.919. The van der Waals surface area contributed by atoms with Crippen LogP contribution >= 0.6 is 0 Å². The van der Waals surface area contributed by atoms with Crippen LogP contribution in [0.4, 0.5) is 4.79 Å². The maximum Gasteiger partial charge on any atom is 0.407 e. The zero-order valence-electron chi connectivity index (χ0n) is 37.0. The third kappa shape index (κ3) is 26.0. The van der Waals surface area contributed by atoms with Gasteiger partial charge >= 0.3 is 6.09 Å². The second-order valence-electron chi connectivity index (χ2n) is 15.0. The highest BCUT2D eigenvalue weighted by Crippen LogP contribution is 2.44. The van der Waals surface area contributed by atoms with Crippen molar-refractivity contribution in [1.82, 2.24) is 5.32 Å². The molecular formula is C48H79NO11. The molecule has 342 valence electrons. The predicted octanol–water partition coefficient (Wildman–Crippen LogP) is 8.77. The lowest BCUT2D eigenvalue weighted by Crippen LogP contribution is -2.29. The van der Waals surface area contributed by atoms with Crippen molar-refractivity contribution in [2.24, 2.45) is 0 Å². The van der Waals surface area contributed by atoms with E-state index in [0.29, 0.717) is 125 Å². The molecule has 3 rings (SSSR count). The Labute approximate surface area is 361 Å². The molecule has 60 heavy (non-hydrogen) atoms. The fraction of sp³-hybridized carbons (Fsp3) is 0.729. The summed E-state index contributed by atoms with van der Waals surface area (Å²) in [6.07, 6.45) is 17.3. The Bertz CT molecular complexity index is 1240. The monoisotopic (exact) mass is 846 g/mol. The summed E-state index contributed by atoms with van der Waals surface area (Å²) in [4.78, 5) is 12.3. The molecule has 0 radical (unpaired) electrons. The summed E-state index contributed by atoms with van der Waals surface area (Å²) in [5.41, 5.74) is 4.79. The van der Waals surface area contributed by atoms with Gasteiger partial charge in [0.05, 0.1) is 112 Å². The summed E-state index contributed by atoms with van der Waals surface area (Å²) in [5.74, 6) is 0.0400. The molecule has 2 aromatic rings. The second-order valence-corrected chi connectivity index (χ2v) is 15.0. The van der Waals surface area contributed by atoms with Gasteiger partial charge in [-0.15, -0.1) is 0 Å². The van der Waals surface area contributed by atoms with Crippen LogP contribution in [0.5, 0.6) is 0 Å². The van der Waals surface area contributed by atoms with Crippen LogP contribution in [-0.2, 0) is 47.4 Å². The van der Waals surface area contributed by atoms with Crippen molar-refractivity contribution in [2.45, 2.75) is 96.3 Å². The first-order valence-electron chi connectivity index (χ1n) is 23.1. The van der Waals surface area contributed by atoms with Gasteiger partial charge in [0.15, 0.2) is 0 Å². The molecule has 0 fully saturated rings. The quantitative estimate of drug-likeness (QED) is 0.0645. The molecule has 1 N–H and O–H groups in total. The maximum absolute atomic E-state index is 12.3. The van der Waals surface area contributed by atoms with Gasteiger partial charge in [-0.1, -0.05) is 133 Å². The summed E-state index contributed by atoms with van der Waals surface area (Å²) in [6, 6.07) is 16.6. The average molecular weight is 846 g/mol. The minimum absolute atomic E-state index is 0.0400. The molecule has 0 saturated carbocycles. The highest BCUT2D eigenvalue weighted by atomic mass is 16.6. The Morgan fingerprint density at radius 2 is 0.733 bits per heavy atom. The fourth-order valence-corrected chi connectivity index (χ4v) is 6.96. The Hall–Kier alpha value is -2.65. The van der Waals surface area contributed by atoms with Crippen LogP contribution in [0, 0.1) is 0 Å². The van der Waals surface area contributed by atoms with Crippen molar-refractivity contribution in [1.29, 1.82) is 0 Å². The molecule has 1 aliphatic rings. The first kappa shape index (κ1) is 51.7. The van der Waals surface area contributed by atoms with Crippen LogP contribution in [0.2, 0.25) is 0 Å². The highest BCUT2D eigenvalue weighted by molar-refractivity contribution is 5.79. The zero-order valence-corrected chi connectivity index (χ0v) is 37.0. The van der Waals surface area contributed by atoms with Gasteiger partial charge in [0.2, 0.25) is 0 Å². The third-order valence-electron chi connectivity index (χ3n) is 10.2. The average Bonchev–Trinajstić information content (AvgIpc) is 3.59. The number of carbonyl (C=O) groups is 1. The summed E-state index contributed by atoms with van der Waals surface area (Å²) in [7, 11) is 0. The van der Waals surface area contributed by atoms with E-state index in [9.17, 15) is 4.79 Å². The molecule has 0 heterocycles. The van der Waals surface area contributed by atoms with E-state index in [1.165, 1.54) is 99.3 Å². The minimum Gasteiger partial charge on any atom is -0.449 e. The lowest BCUT2D eigenvalue weighted by molar-refractivity contribution is -0.0249. The molecule has 12 nitrogen and oxygen atoms in total. The molecule has 0 atom stereocenters. The lowest BCUT2D eigenvalue weighted by Gasteiger charge is -2.14. The SMILES string of the molecule is CCCCCCCCCCCCCCCOCCOCCOCCOCCOCCOCCOCCOCCOCCNC(=O)OCC1c2ccccc2-c2ccccc21. The Kier molecular flexibility index (Phi) is 32.8. The molecule has 0 aromatic heterocycles. The topological polar surface area (TPSA) is 121 Å². The molecule has 0 aliphatic heterocycles. The molecule has 12 heteroatoms. The molecule has 1 amide bonds. The molecule has 0 unspecified atom stereocenters. The van der Waals surface area contributed by atoms with E-state index in [1.54, 1.807) is 0 Å². The van der Waals surface area contributed by atoms with Crippen molar-refractivity contribution in [3.05, 3.63) is 59.7 Å². The molecule has 2 aromatic carbocycles. The number of rotatable bonds is 43. The van der Waals surface area contributed by atoms with Crippen molar-refractivity contribution in [3.8, 4) is 11.1 Å². The summed E-state index contributed by atoms with van der Waals surface area (Å²) in [5, 5.41) is 2.75. The van der Waals surface area contributed by atoms with Gasteiger partial charge in [0.25, 0.3) is 0 Å². The Morgan fingerprint density at radius 3 is 1.12 bits per heavy atom. The third-order valence-corrected chi connectivity index (χ3v) is 10.2. The van der Waals surface area contributed by atoms with Crippen LogP contribution < -0.4 is 5.32 Å². The summed E-state index contributed by atoms with van der Waals surface area (Å²) >= 11 is 0. The zero-order chi connectivity index (χ0) is 42.2. The number of carbonyl (C=O) groups excluding carboxylic acids is 1. The van der Waals surface area contributed by atoms with E-state index >= 15 is 0 Å². The second kappa shape index (κ2) is 38.1. The van der Waals surface area contributed by atoms with Crippen LogP contribution in [0.15, 0.2) is 48.5 Å². The van der Waals surface area contributed by atoms with Gasteiger partial charge in [-0.2, -0.15) is 0 Å². The fourth-order valence-electron chi connectivity index (χ4n) is 6.96. The van der Waals surface area contributed by atoms with Crippen molar-refractivity contribution in [2.75, 3.05) is 132 Å². The van der Waals surface area contributed by atoms with E-state index < -0.39 is 6.09 Å². The highest BCUT2D eigenvalue weighted by Gasteiger charge is 2.29. The minimum atomic E-state index is -0.447. The molecule has 0 bridgehead atoms. The number of hydrogen-bond donors (Lipinski definition) is 1. The normalized spacial score (nSPS) is 12.2. The number of benzene rings is 2. The number of nitrogens with one attached hydrogen (secondary N) is 1. The predicted molar refractivity (Wildman–Crippen MR) is 236 cm³/mol. The standard InChI is InChI=1S/C48H79NO11/c1-2-3-4-5-6-7-8-9-10-11-12-13-18-24-51-26-28-53-30-32-55-34-36-57-38-40-59-41-39-58-37-35-56-33-31-54-29-27-52-25-23-49-48(50)60-42-47-45-21-16-14-19-43(45)44-20-15-17-22-46(44)47/h14-17,19-22,47H,2-13,18,23-42H2,1H3,(H,49,50). The van der Waals surface area contributed by atoms with E-state index in [1.807, 2.05) is 24.3 Å². The van der Waals surface area contributed by atoms with Crippen molar-refractivity contribution >= 4 is 6.09 Å². The van der Waals surface area contributed by atoms with Crippen LogP contribution in [0.1, 0.15) is 107 Å². The number of hydrogen-bond acceptors (Lipinski definition) is 11. The van der Waals surface area contributed by atoms with Gasteiger partial charge in [-0.25, -0.2) is 4.79 Å². The largest absolute Gasteiger partial charge is 0.449 e. The van der Waals surface area contributed by atoms with Gasteiger partial charge in [0, 0.05) is 19.1 Å². The number of unbranched alkanes of at least 4 members (excludes halogenated alkanes) is 12. The first-order valence-corrected chi connectivity index (χ1v) is 23.1. The molecule has 0 saturated heterocycles. The van der Waals surface area contributed by atoms with Gasteiger partial charge in [0.1, 0.15) is 6.61 Å². The first-order chi connectivity index (χ1) is 29.8. The van der Waals surface area contributed by atoms with Crippen LogP contribution in [-0.4, -0.2) is 138 Å². The number of amides is 1. The van der Waals surface area contributed by atoms with Gasteiger partial charge in [-0.3, -0.25) is 0 Å². The van der Waals surface area contributed by atoms with Crippen LogP contribution in [0.25, 0.3) is 11.1 Å². The van der Waals surface area contributed by atoms with E-state index in [4.69, 9.17) is 47.4 Å². The smallest absolute Gasteiger partial charge is 0.407 e. The number of ether oxygens (including phenoxy) is 10. The van der Waals surface area contributed by atoms with Gasteiger partial charge < -0.3 is 52.7 Å². The van der Waals surface area contributed by atoms with E-state index in [2.05, 4.69) is 36.5 Å². The van der Waals surface area contributed by atoms with E-state index in [-0.39, 0.29) is 5.92 Å². The summed E-state index contributed by atoms with van der Waals surface area (Å²) in [6.45, 7) is 12.4. The summed E-state index contributed by atoms with van der Waals surface area (Å²) < 4.78 is 55.6. The van der Waals surface area contributed by atoms with Crippen molar-refractivity contribution in [3.63, 3.8) is 0 Å².